The Morgan fingerprint density at radius 1 is 1.43 bits per heavy atom. The zero-order valence-corrected chi connectivity index (χ0v) is 8.98. The van der Waals surface area contributed by atoms with Gasteiger partial charge in [0.1, 0.15) is 12.2 Å². The van der Waals surface area contributed by atoms with Crippen LogP contribution in [0, 0.1) is 12.8 Å². The molecule has 1 aliphatic rings. The number of piperidine rings is 1. The Balaban J connectivity index is 1.86. The molecule has 0 radical (unpaired) electrons. The summed E-state index contributed by atoms with van der Waals surface area (Å²) in [4.78, 5) is 6.53. The molecular weight excluding hydrogens is 176 g/mol. The van der Waals surface area contributed by atoms with Gasteiger partial charge in [-0.3, -0.25) is 4.68 Å². The minimum atomic E-state index is 0.785. The number of rotatable bonds is 2. The van der Waals surface area contributed by atoms with E-state index in [9.17, 15) is 0 Å². The topological polar surface area (TPSA) is 34.0 Å². The first kappa shape index (κ1) is 9.65. The third-order valence-electron chi connectivity index (χ3n) is 2.93. The number of aromatic nitrogens is 3. The predicted octanol–water partition coefficient (Wildman–Crippen LogP) is 0.928. The highest BCUT2D eigenvalue weighted by Gasteiger charge is 2.17. The SMILES string of the molecule is Cc1ncn(CC2CCN(C)CC2)n1. The first-order valence-corrected chi connectivity index (χ1v) is 5.28. The molecule has 1 saturated heterocycles. The maximum atomic E-state index is 4.32. The van der Waals surface area contributed by atoms with Gasteiger partial charge in [-0.1, -0.05) is 0 Å². The minimum absolute atomic E-state index is 0.785. The number of likely N-dealkylation sites (tertiary alicyclic amines) is 1. The molecule has 0 atom stereocenters. The van der Waals surface area contributed by atoms with Crippen LogP contribution in [-0.2, 0) is 6.54 Å². The van der Waals surface area contributed by atoms with Crippen LogP contribution in [0.2, 0.25) is 0 Å². The Bertz CT molecular complexity index is 286. The van der Waals surface area contributed by atoms with Crippen LogP contribution in [-0.4, -0.2) is 39.8 Å². The summed E-state index contributed by atoms with van der Waals surface area (Å²) in [5, 5.41) is 4.32. The van der Waals surface area contributed by atoms with Crippen molar-refractivity contribution < 1.29 is 0 Å². The lowest BCUT2D eigenvalue weighted by molar-refractivity contribution is 0.201. The average molecular weight is 194 g/mol. The first-order valence-electron chi connectivity index (χ1n) is 5.28. The minimum Gasteiger partial charge on any atom is -0.306 e. The van der Waals surface area contributed by atoms with Gasteiger partial charge in [-0.2, -0.15) is 5.10 Å². The van der Waals surface area contributed by atoms with Gasteiger partial charge in [0.05, 0.1) is 0 Å². The fraction of sp³-hybridized carbons (Fsp3) is 0.800. The highest BCUT2D eigenvalue weighted by atomic mass is 15.3. The van der Waals surface area contributed by atoms with E-state index in [1.165, 1.54) is 25.9 Å². The lowest BCUT2D eigenvalue weighted by Crippen LogP contribution is -2.32. The lowest BCUT2D eigenvalue weighted by atomic mass is 9.97. The zero-order valence-electron chi connectivity index (χ0n) is 8.98. The summed E-state index contributed by atoms with van der Waals surface area (Å²) in [5.41, 5.74) is 0. The molecule has 1 aromatic rings. The average Bonchev–Trinajstić information content (AvgIpc) is 2.56. The van der Waals surface area contributed by atoms with Crippen LogP contribution in [0.3, 0.4) is 0 Å². The second-order valence-corrected chi connectivity index (χ2v) is 4.26. The normalized spacial score (nSPS) is 20.1. The van der Waals surface area contributed by atoms with Gasteiger partial charge in [0.15, 0.2) is 0 Å². The van der Waals surface area contributed by atoms with Crippen molar-refractivity contribution in [3.8, 4) is 0 Å². The largest absolute Gasteiger partial charge is 0.306 e. The van der Waals surface area contributed by atoms with Gasteiger partial charge in [-0.05, 0) is 45.8 Å². The van der Waals surface area contributed by atoms with E-state index in [1.54, 1.807) is 0 Å². The van der Waals surface area contributed by atoms with Crippen LogP contribution in [0.1, 0.15) is 18.7 Å². The second-order valence-electron chi connectivity index (χ2n) is 4.26. The lowest BCUT2D eigenvalue weighted by Gasteiger charge is -2.28. The van der Waals surface area contributed by atoms with Crippen LogP contribution in [0.5, 0.6) is 0 Å². The summed E-state index contributed by atoms with van der Waals surface area (Å²) in [6.07, 6.45) is 4.42. The van der Waals surface area contributed by atoms with Gasteiger partial charge in [-0.15, -0.1) is 0 Å². The molecule has 2 rings (SSSR count). The summed E-state index contributed by atoms with van der Waals surface area (Å²) in [5.74, 6) is 1.66. The van der Waals surface area contributed by atoms with Crippen molar-refractivity contribution in [1.29, 1.82) is 0 Å². The molecule has 0 spiro atoms. The molecule has 0 amide bonds. The van der Waals surface area contributed by atoms with E-state index in [-0.39, 0.29) is 0 Å². The molecular formula is C10H18N4. The van der Waals surface area contributed by atoms with Crippen molar-refractivity contribution in [2.24, 2.45) is 5.92 Å². The summed E-state index contributed by atoms with van der Waals surface area (Å²) in [6.45, 7) is 5.41. The Morgan fingerprint density at radius 3 is 2.71 bits per heavy atom. The smallest absolute Gasteiger partial charge is 0.147 e. The van der Waals surface area contributed by atoms with E-state index >= 15 is 0 Å². The molecule has 0 unspecified atom stereocenters. The zero-order chi connectivity index (χ0) is 9.97. The summed E-state index contributed by atoms with van der Waals surface area (Å²) < 4.78 is 1.98. The fourth-order valence-electron chi connectivity index (χ4n) is 1.98. The molecule has 1 aromatic heterocycles. The molecule has 0 aliphatic carbocycles. The Hall–Kier alpha value is -0.900. The molecule has 0 aromatic carbocycles. The van der Waals surface area contributed by atoms with Gasteiger partial charge in [-0.25, -0.2) is 4.98 Å². The van der Waals surface area contributed by atoms with E-state index in [0.29, 0.717) is 0 Å². The molecule has 4 nitrogen and oxygen atoms in total. The highest BCUT2D eigenvalue weighted by molar-refractivity contribution is 4.77. The predicted molar refractivity (Wildman–Crippen MR) is 55.0 cm³/mol. The van der Waals surface area contributed by atoms with E-state index in [4.69, 9.17) is 0 Å². The Labute approximate surface area is 84.9 Å². The third-order valence-corrected chi connectivity index (χ3v) is 2.93. The highest BCUT2D eigenvalue weighted by Crippen LogP contribution is 2.17. The van der Waals surface area contributed by atoms with E-state index in [0.717, 1.165) is 18.3 Å². The molecule has 0 N–H and O–H groups in total. The van der Waals surface area contributed by atoms with Gasteiger partial charge in [0, 0.05) is 6.54 Å². The maximum Gasteiger partial charge on any atom is 0.147 e. The number of aryl methyl sites for hydroxylation is 1. The van der Waals surface area contributed by atoms with Crippen molar-refractivity contribution in [3.63, 3.8) is 0 Å². The van der Waals surface area contributed by atoms with Crippen LogP contribution in [0.25, 0.3) is 0 Å². The summed E-state index contributed by atoms with van der Waals surface area (Å²) in [6, 6.07) is 0. The van der Waals surface area contributed by atoms with Gasteiger partial charge in [0.25, 0.3) is 0 Å². The first-order chi connectivity index (χ1) is 6.74. The standard InChI is InChI=1S/C10H18N4/c1-9-11-8-14(12-9)7-10-3-5-13(2)6-4-10/h8,10H,3-7H2,1-2H3. The molecule has 4 heteroatoms. The van der Waals surface area contributed by atoms with Crippen molar-refractivity contribution in [2.75, 3.05) is 20.1 Å². The van der Waals surface area contributed by atoms with Crippen molar-refractivity contribution in [3.05, 3.63) is 12.2 Å². The molecule has 0 bridgehead atoms. The Kier molecular flexibility index (Phi) is 2.82. The summed E-state index contributed by atoms with van der Waals surface area (Å²) in [7, 11) is 2.19. The third kappa shape index (κ3) is 2.32. The molecule has 14 heavy (non-hydrogen) atoms. The molecule has 1 fully saturated rings. The number of nitrogens with zero attached hydrogens (tertiary/aromatic N) is 4. The van der Waals surface area contributed by atoms with Crippen molar-refractivity contribution >= 4 is 0 Å². The van der Waals surface area contributed by atoms with Crippen molar-refractivity contribution in [2.45, 2.75) is 26.3 Å². The summed E-state index contributed by atoms with van der Waals surface area (Å²) >= 11 is 0. The van der Waals surface area contributed by atoms with Crippen LogP contribution < -0.4 is 0 Å². The van der Waals surface area contributed by atoms with E-state index in [1.807, 2.05) is 17.9 Å². The number of hydrogen-bond acceptors (Lipinski definition) is 3. The molecule has 2 heterocycles. The second kappa shape index (κ2) is 4.09. The van der Waals surface area contributed by atoms with E-state index in [2.05, 4.69) is 22.0 Å². The Morgan fingerprint density at radius 2 is 2.14 bits per heavy atom. The van der Waals surface area contributed by atoms with Gasteiger partial charge >= 0.3 is 0 Å². The molecule has 78 valence electrons. The maximum absolute atomic E-state index is 4.32. The van der Waals surface area contributed by atoms with Crippen LogP contribution >= 0.6 is 0 Å². The monoisotopic (exact) mass is 194 g/mol. The van der Waals surface area contributed by atoms with Gasteiger partial charge in [0.2, 0.25) is 0 Å². The number of hydrogen-bond donors (Lipinski definition) is 0. The van der Waals surface area contributed by atoms with Gasteiger partial charge < -0.3 is 4.90 Å². The molecule has 1 aliphatic heterocycles. The van der Waals surface area contributed by atoms with Crippen LogP contribution in [0.15, 0.2) is 6.33 Å². The molecule has 0 saturated carbocycles. The van der Waals surface area contributed by atoms with Crippen molar-refractivity contribution in [1.82, 2.24) is 19.7 Å². The fourth-order valence-corrected chi connectivity index (χ4v) is 1.98. The quantitative estimate of drug-likeness (QED) is 0.702. The van der Waals surface area contributed by atoms with Crippen LogP contribution in [0.4, 0.5) is 0 Å². The van der Waals surface area contributed by atoms with E-state index < -0.39 is 0 Å².